The number of halogens is 1. The first-order valence-corrected chi connectivity index (χ1v) is 9.56. The third kappa shape index (κ3) is 4.68. The van der Waals surface area contributed by atoms with Crippen LogP contribution in [0.3, 0.4) is 0 Å². The third-order valence-electron chi connectivity index (χ3n) is 5.17. The molecular formula is C21H33FN2O2. The molecule has 1 fully saturated rings. The molecule has 1 aliphatic heterocycles. The number of hydrogen-bond donors (Lipinski definition) is 0. The highest BCUT2D eigenvalue weighted by Gasteiger charge is 2.34. The first-order valence-electron chi connectivity index (χ1n) is 9.56. The summed E-state index contributed by atoms with van der Waals surface area (Å²) in [5.74, 6) is -0.194. The van der Waals surface area contributed by atoms with Crippen LogP contribution < -0.4 is 4.90 Å². The quantitative estimate of drug-likeness (QED) is 0.752. The summed E-state index contributed by atoms with van der Waals surface area (Å²) in [7, 11) is 0. The van der Waals surface area contributed by atoms with E-state index in [0.717, 1.165) is 36.2 Å². The first kappa shape index (κ1) is 20.5. The van der Waals surface area contributed by atoms with Gasteiger partial charge in [0.15, 0.2) is 0 Å². The van der Waals surface area contributed by atoms with Crippen LogP contribution in [0.2, 0.25) is 0 Å². The molecule has 1 aromatic rings. The second-order valence-electron chi connectivity index (χ2n) is 8.35. The zero-order chi connectivity index (χ0) is 19.6. The minimum atomic E-state index is -0.487. The van der Waals surface area contributed by atoms with Crippen molar-refractivity contribution in [3.8, 4) is 0 Å². The van der Waals surface area contributed by atoms with Gasteiger partial charge in [0.2, 0.25) is 0 Å². The van der Waals surface area contributed by atoms with Crippen LogP contribution in [0.15, 0.2) is 12.1 Å². The number of rotatable bonds is 3. The Hall–Kier alpha value is -1.78. The molecule has 0 spiro atoms. The number of aryl methyl sites for hydroxylation is 1. The predicted octanol–water partition coefficient (Wildman–Crippen LogP) is 5.06. The molecule has 1 aliphatic rings. The number of piperidine rings is 1. The van der Waals surface area contributed by atoms with Crippen molar-refractivity contribution in [2.24, 2.45) is 0 Å². The van der Waals surface area contributed by atoms with E-state index in [4.69, 9.17) is 4.74 Å². The van der Waals surface area contributed by atoms with E-state index in [0.29, 0.717) is 6.54 Å². The molecule has 2 rings (SSSR count). The van der Waals surface area contributed by atoms with Gasteiger partial charge < -0.3 is 14.5 Å². The molecule has 0 N–H and O–H groups in total. The number of anilines is 1. The van der Waals surface area contributed by atoms with Gasteiger partial charge in [0.1, 0.15) is 11.4 Å². The van der Waals surface area contributed by atoms with Crippen molar-refractivity contribution in [2.45, 2.75) is 79.0 Å². The number of likely N-dealkylation sites (tertiary alicyclic amines) is 1. The summed E-state index contributed by atoms with van der Waals surface area (Å²) < 4.78 is 19.5. The summed E-state index contributed by atoms with van der Waals surface area (Å²) in [6.45, 7) is 15.3. The molecule has 1 saturated heterocycles. The van der Waals surface area contributed by atoms with Crippen molar-refractivity contribution in [1.82, 2.24) is 4.90 Å². The van der Waals surface area contributed by atoms with Gasteiger partial charge in [-0.25, -0.2) is 9.18 Å². The van der Waals surface area contributed by atoms with E-state index in [1.54, 1.807) is 12.1 Å². The smallest absolute Gasteiger partial charge is 0.410 e. The maximum absolute atomic E-state index is 14.0. The predicted molar refractivity (Wildman–Crippen MR) is 104 cm³/mol. The minimum Gasteiger partial charge on any atom is -0.444 e. The number of ether oxygens (including phenoxy) is 1. The number of nitrogens with zero attached hydrogens (tertiary/aromatic N) is 2. The zero-order valence-electron chi connectivity index (χ0n) is 17.2. The molecule has 1 amide bonds. The fourth-order valence-corrected chi connectivity index (χ4v) is 3.74. The average Bonchev–Trinajstić information content (AvgIpc) is 2.51. The van der Waals surface area contributed by atoms with Crippen LogP contribution >= 0.6 is 0 Å². The standard InChI is InChI=1S/C21H33FN2O2/c1-8-23(19-13-17(22)11-14(2)16(19)4)18-9-10-24(15(3)12-18)20(25)26-21(5,6)7/h11,13,15,18H,8-10,12H2,1-7H3/t15-,18?/m1/s1. The lowest BCUT2D eigenvalue weighted by molar-refractivity contribution is 0.0104. The Kier molecular flexibility index (Phi) is 6.20. The second-order valence-corrected chi connectivity index (χ2v) is 8.35. The topological polar surface area (TPSA) is 32.8 Å². The van der Waals surface area contributed by atoms with Crippen LogP contribution in [0.1, 0.15) is 58.6 Å². The number of amides is 1. The third-order valence-corrected chi connectivity index (χ3v) is 5.17. The molecule has 0 aliphatic carbocycles. The Morgan fingerprint density at radius 1 is 1.35 bits per heavy atom. The monoisotopic (exact) mass is 364 g/mol. The van der Waals surface area contributed by atoms with Gasteiger partial charge in [-0.15, -0.1) is 0 Å². The normalized spacial score (nSPS) is 20.8. The molecule has 1 aromatic carbocycles. The van der Waals surface area contributed by atoms with Crippen LogP contribution in [-0.4, -0.2) is 41.8 Å². The van der Waals surface area contributed by atoms with E-state index in [1.807, 2.05) is 39.5 Å². The molecule has 0 aromatic heterocycles. The highest BCUT2D eigenvalue weighted by atomic mass is 19.1. The molecule has 0 bridgehead atoms. The number of carbonyl (C=O) groups is 1. The van der Waals surface area contributed by atoms with Crippen LogP contribution in [0, 0.1) is 19.7 Å². The van der Waals surface area contributed by atoms with Gasteiger partial charge in [0, 0.05) is 30.9 Å². The van der Waals surface area contributed by atoms with Crippen molar-refractivity contribution in [1.29, 1.82) is 0 Å². The fraction of sp³-hybridized carbons (Fsp3) is 0.667. The molecule has 4 nitrogen and oxygen atoms in total. The summed E-state index contributed by atoms with van der Waals surface area (Å²) in [4.78, 5) is 16.5. The van der Waals surface area contributed by atoms with Crippen molar-refractivity contribution < 1.29 is 13.9 Å². The molecule has 2 atom stereocenters. The number of hydrogen-bond acceptors (Lipinski definition) is 3. The van der Waals surface area contributed by atoms with E-state index in [-0.39, 0.29) is 24.0 Å². The Bertz CT molecular complexity index is 654. The summed E-state index contributed by atoms with van der Waals surface area (Å²) in [5.41, 5.74) is 2.57. The highest BCUT2D eigenvalue weighted by molar-refractivity contribution is 5.68. The van der Waals surface area contributed by atoms with E-state index >= 15 is 0 Å². The molecule has 26 heavy (non-hydrogen) atoms. The Labute approximate surface area is 157 Å². The van der Waals surface area contributed by atoms with Crippen molar-refractivity contribution in [2.75, 3.05) is 18.0 Å². The van der Waals surface area contributed by atoms with E-state index in [9.17, 15) is 9.18 Å². The van der Waals surface area contributed by atoms with Gasteiger partial charge in [-0.2, -0.15) is 0 Å². The summed E-state index contributed by atoms with van der Waals surface area (Å²) in [6, 6.07) is 3.60. The Morgan fingerprint density at radius 2 is 2.00 bits per heavy atom. The highest BCUT2D eigenvalue weighted by Crippen LogP contribution is 2.31. The number of benzene rings is 1. The lowest BCUT2D eigenvalue weighted by atomic mass is 9.95. The van der Waals surface area contributed by atoms with Gasteiger partial charge in [-0.1, -0.05) is 0 Å². The second kappa shape index (κ2) is 7.85. The maximum atomic E-state index is 14.0. The average molecular weight is 365 g/mol. The Balaban J connectivity index is 2.15. The van der Waals surface area contributed by atoms with Gasteiger partial charge in [0.05, 0.1) is 0 Å². The summed E-state index contributed by atoms with van der Waals surface area (Å²) in [5, 5.41) is 0. The molecule has 0 radical (unpaired) electrons. The maximum Gasteiger partial charge on any atom is 0.410 e. The van der Waals surface area contributed by atoms with E-state index < -0.39 is 5.60 Å². The fourth-order valence-electron chi connectivity index (χ4n) is 3.74. The van der Waals surface area contributed by atoms with Crippen molar-refractivity contribution in [3.63, 3.8) is 0 Å². The van der Waals surface area contributed by atoms with Crippen LogP contribution in [0.25, 0.3) is 0 Å². The Morgan fingerprint density at radius 3 is 2.54 bits per heavy atom. The molecule has 146 valence electrons. The largest absolute Gasteiger partial charge is 0.444 e. The minimum absolute atomic E-state index is 0.0904. The summed E-state index contributed by atoms with van der Waals surface area (Å²) in [6.07, 6.45) is 1.46. The van der Waals surface area contributed by atoms with Crippen LogP contribution in [-0.2, 0) is 4.74 Å². The molecule has 5 heteroatoms. The zero-order valence-corrected chi connectivity index (χ0v) is 17.2. The van der Waals surface area contributed by atoms with Gasteiger partial charge in [0.25, 0.3) is 0 Å². The lowest BCUT2D eigenvalue weighted by Crippen LogP contribution is -2.52. The van der Waals surface area contributed by atoms with Gasteiger partial charge >= 0.3 is 6.09 Å². The molecule has 1 unspecified atom stereocenters. The summed E-state index contributed by atoms with van der Waals surface area (Å²) >= 11 is 0. The van der Waals surface area contributed by atoms with Crippen molar-refractivity contribution in [3.05, 3.63) is 29.1 Å². The number of carbonyl (C=O) groups excluding carboxylic acids is 1. The SMILES string of the molecule is CCN(c1cc(F)cc(C)c1C)C1CCN(C(=O)OC(C)(C)C)[C@H](C)C1. The van der Waals surface area contributed by atoms with Crippen LogP contribution in [0.5, 0.6) is 0 Å². The van der Waals surface area contributed by atoms with Gasteiger partial charge in [-0.05, 0) is 84.6 Å². The van der Waals surface area contributed by atoms with Crippen LogP contribution in [0.4, 0.5) is 14.9 Å². The first-order chi connectivity index (χ1) is 12.0. The molecule has 0 saturated carbocycles. The lowest BCUT2D eigenvalue weighted by Gasteiger charge is -2.43. The van der Waals surface area contributed by atoms with E-state index in [2.05, 4.69) is 18.7 Å². The van der Waals surface area contributed by atoms with Gasteiger partial charge in [-0.3, -0.25) is 0 Å². The molecule has 1 heterocycles. The van der Waals surface area contributed by atoms with Crippen molar-refractivity contribution >= 4 is 11.8 Å². The molecular weight excluding hydrogens is 331 g/mol. The van der Waals surface area contributed by atoms with E-state index in [1.165, 1.54) is 0 Å².